The Morgan fingerprint density at radius 2 is 2.14 bits per heavy atom. The average molecular weight is 406 g/mol. The van der Waals surface area contributed by atoms with Crippen molar-refractivity contribution in [2.75, 3.05) is 47.4 Å². The van der Waals surface area contributed by atoms with E-state index in [0.29, 0.717) is 19.0 Å². The minimum absolute atomic E-state index is 0.0498. The zero-order valence-corrected chi connectivity index (χ0v) is 17.6. The van der Waals surface area contributed by atoms with Gasteiger partial charge in [0.05, 0.1) is 7.11 Å². The zero-order valence-electron chi connectivity index (χ0n) is 17.6. The second-order valence-corrected chi connectivity index (χ2v) is 7.29. The van der Waals surface area contributed by atoms with Crippen LogP contribution in [0.25, 0.3) is 0 Å². The van der Waals surface area contributed by atoms with Gasteiger partial charge in [0.1, 0.15) is 6.54 Å². The van der Waals surface area contributed by atoms with Gasteiger partial charge in [0.25, 0.3) is 0 Å². The van der Waals surface area contributed by atoms with Gasteiger partial charge in [0.15, 0.2) is 17.5 Å². The van der Waals surface area contributed by atoms with Gasteiger partial charge >= 0.3 is 0 Å². The van der Waals surface area contributed by atoms with Crippen molar-refractivity contribution >= 4 is 11.9 Å². The van der Waals surface area contributed by atoms with E-state index in [4.69, 9.17) is 4.74 Å². The second kappa shape index (κ2) is 11.4. The van der Waals surface area contributed by atoms with Crippen LogP contribution in [0.1, 0.15) is 18.4 Å². The van der Waals surface area contributed by atoms with E-state index in [1.54, 1.807) is 26.2 Å². The number of likely N-dealkylation sites (tertiary alicyclic amines) is 1. The lowest BCUT2D eigenvalue weighted by atomic mass is 10.0. The number of nitrogens with zero attached hydrogens (tertiary/aromatic N) is 3. The minimum Gasteiger partial charge on any atom is -0.494 e. The maximum Gasteiger partial charge on any atom is 0.243 e. The van der Waals surface area contributed by atoms with Crippen LogP contribution in [-0.4, -0.2) is 75.1 Å². The van der Waals surface area contributed by atoms with Crippen LogP contribution in [-0.2, 0) is 11.3 Å². The summed E-state index contributed by atoms with van der Waals surface area (Å²) in [7, 11) is 4.90. The van der Waals surface area contributed by atoms with Crippen LogP contribution in [0.5, 0.6) is 5.75 Å². The predicted octanol–water partition coefficient (Wildman–Crippen LogP) is 1.61. The monoisotopic (exact) mass is 405 g/mol. The highest BCUT2D eigenvalue weighted by Crippen LogP contribution is 2.20. The molecular formula is C21H32FN5O2. The molecule has 2 N–H and O–H groups in total. The van der Waals surface area contributed by atoms with Crippen LogP contribution in [0.2, 0.25) is 0 Å². The molecule has 8 heteroatoms. The molecule has 2 rings (SSSR count). The average Bonchev–Trinajstić information content (AvgIpc) is 2.71. The first kappa shape index (κ1) is 22.7. The topological polar surface area (TPSA) is 69.2 Å². The van der Waals surface area contributed by atoms with Gasteiger partial charge < -0.3 is 20.3 Å². The molecule has 160 valence electrons. The molecule has 7 nitrogen and oxygen atoms in total. The van der Waals surface area contributed by atoms with E-state index in [2.05, 4.69) is 27.1 Å². The molecule has 1 aliphatic heterocycles. The van der Waals surface area contributed by atoms with E-state index in [-0.39, 0.29) is 30.1 Å². The molecule has 1 saturated heterocycles. The minimum atomic E-state index is -0.331. The smallest absolute Gasteiger partial charge is 0.243 e. The molecule has 0 bridgehead atoms. The standard InChI is InChI=1S/C21H32FN5O2/c1-5-10-23-21(24-14-20(28)26(2)3)25-17-8-11-27(12-9-17)15-16-6-7-19(29-4)18(22)13-16/h5-7,13,17H,1,8-12,14-15H2,2-4H3,(H2,23,24,25). The number of carbonyl (C=O) groups excluding carboxylic acids is 1. The maximum atomic E-state index is 13.9. The fourth-order valence-electron chi connectivity index (χ4n) is 3.10. The first-order chi connectivity index (χ1) is 13.9. The number of guanidine groups is 1. The van der Waals surface area contributed by atoms with Crippen molar-refractivity contribution in [3.8, 4) is 5.75 Å². The van der Waals surface area contributed by atoms with E-state index >= 15 is 0 Å². The predicted molar refractivity (Wildman–Crippen MR) is 114 cm³/mol. The number of rotatable bonds is 8. The molecule has 0 aliphatic carbocycles. The van der Waals surface area contributed by atoms with Gasteiger partial charge in [-0.3, -0.25) is 9.69 Å². The van der Waals surface area contributed by atoms with Gasteiger partial charge in [-0.1, -0.05) is 12.1 Å². The van der Waals surface area contributed by atoms with Gasteiger partial charge in [0.2, 0.25) is 5.91 Å². The molecule has 1 fully saturated rings. The fraction of sp³-hybridized carbons (Fsp3) is 0.524. The summed E-state index contributed by atoms with van der Waals surface area (Å²) in [5.74, 6) is 0.508. The number of methoxy groups -OCH3 is 1. The highest BCUT2D eigenvalue weighted by molar-refractivity contribution is 5.85. The number of ether oxygens (including phenoxy) is 1. The number of nitrogens with one attached hydrogen (secondary N) is 2. The number of amides is 1. The molecule has 1 aromatic rings. The van der Waals surface area contributed by atoms with Crippen molar-refractivity contribution < 1.29 is 13.9 Å². The Morgan fingerprint density at radius 3 is 2.72 bits per heavy atom. The Labute approximate surface area is 172 Å². The van der Waals surface area contributed by atoms with Crippen LogP contribution < -0.4 is 15.4 Å². The largest absolute Gasteiger partial charge is 0.494 e. The summed E-state index contributed by atoms with van der Waals surface area (Å²) in [4.78, 5) is 20.0. The number of likely N-dealkylation sites (N-methyl/N-ethyl adjacent to an activating group) is 1. The highest BCUT2D eigenvalue weighted by atomic mass is 19.1. The SMILES string of the molecule is C=CCNC(=NCC(=O)N(C)C)NC1CCN(Cc2ccc(OC)c(F)c2)CC1. The molecule has 1 amide bonds. The number of hydrogen-bond donors (Lipinski definition) is 2. The second-order valence-electron chi connectivity index (χ2n) is 7.29. The molecule has 0 unspecified atom stereocenters. The lowest BCUT2D eigenvalue weighted by Crippen LogP contribution is -2.48. The Bertz CT molecular complexity index is 715. The molecule has 0 saturated carbocycles. The lowest BCUT2D eigenvalue weighted by Gasteiger charge is -2.33. The van der Waals surface area contributed by atoms with Crippen molar-refractivity contribution in [1.82, 2.24) is 20.4 Å². The van der Waals surface area contributed by atoms with Crippen molar-refractivity contribution in [1.29, 1.82) is 0 Å². The number of aliphatic imine (C=N–C) groups is 1. The summed E-state index contributed by atoms with van der Waals surface area (Å²) in [6.07, 6.45) is 3.63. The summed E-state index contributed by atoms with van der Waals surface area (Å²) in [6.45, 7) is 6.89. The first-order valence-electron chi connectivity index (χ1n) is 9.83. The third kappa shape index (κ3) is 7.38. The van der Waals surface area contributed by atoms with Gasteiger partial charge in [0, 0.05) is 46.3 Å². The quantitative estimate of drug-likeness (QED) is 0.391. The number of piperidine rings is 1. The highest BCUT2D eigenvalue weighted by Gasteiger charge is 2.20. The van der Waals surface area contributed by atoms with Crippen molar-refractivity contribution in [2.24, 2.45) is 4.99 Å². The Hall–Kier alpha value is -2.61. The molecule has 1 aromatic carbocycles. The number of carbonyl (C=O) groups is 1. The van der Waals surface area contributed by atoms with Crippen LogP contribution in [0.15, 0.2) is 35.8 Å². The van der Waals surface area contributed by atoms with Crippen molar-refractivity contribution in [2.45, 2.75) is 25.4 Å². The molecule has 0 atom stereocenters. The summed E-state index contributed by atoms with van der Waals surface area (Å²) in [6, 6.07) is 5.37. The Balaban J connectivity index is 1.86. The van der Waals surface area contributed by atoms with E-state index in [0.717, 1.165) is 31.5 Å². The van der Waals surface area contributed by atoms with E-state index in [1.165, 1.54) is 18.1 Å². The normalized spacial score (nSPS) is 15.7. The Morgan fingerprint density at radius 1 is 1.41 bits per heavy atom. The van der Waals surface area contributed by atoms with Gasteiger partial charge in [-0.15, -0.1) is 6.58 Å². The number of benzene rings is 1. The van der Waals surface area contributed by atoms with Crippen LogP contribution in [0, 0.1) is 5.82 Å². The molecule has 0 spiro atoms. The van der Waals surface area contributed by atoms with Crippen molar-refractivity contribution in [3.05, 3.63) is 42.2 Å². The number of hydrogen-bond acceptors (Lipinski definition) is 4. The molecule has 1 heterocycles. The maximum absolute atomic E-state index is 13.9. The van der Waals surface area contributed by atoms with Crippen LogP contribution in [0.4, 0.5) is 4.39 Å². The summed E-state index contributed by atoms with van der Waals surface area (Å²) >= 11 is 0. The van der Waals surface area contributed by atoms with Crippen LogP contribution >= 0.6 is 0 Å². The van der Waals surface area contributed by atoms with E-state index in [1.807, 2.05) is 6.07 Å². The van der Waals surface area contributed by atoms with Crippen molar-refractivity contribution in [3.63, 3.8) is 0 Å². The summed E-state index contributed by atoms with van der Waals surface area (Å²) in [5.41, 5.74) is 0.937. The van der Waals surface area contributed by atoms with E-state index < -0.39 is 0 Å². The molecule has 0 aromatic heterocycles. The van der Waals surface area contributed by atoms with Crippen LogP contribution in [0.3, 0.4) is 0 Å². The van der Waals surface area contributed by atoms with Gasteiger partial charge in [-0.25, -0.2) is 9.38 Å². The fourth-order valence-corrected chi connectivity index (χ4v) is 3.10. The summed E-state index contributed by atoms with van der Waals surface area (Å²) < 4.78 is 18.9. The number of halogens is 1. The third-order valence-electron chi connectivity index (χ3n) is 4.84. The lowest BCUT2D eigenvalue weighted by molar-refractivity contribution is -0.127. The summed E-state index contributed by atoms with van der Waals surface area (Å²) in [5, 5.41) is 6.57. The van der Waals surface area contributed by atoms with E-state index in [9.17, 15) is 9.18 Å². The van der Waals surface area contributed by atoms with Gasteiger partial charge in [-0.2, -0.15) is 0 Å². The molecular weight excluding hydrogens is 373 g/mol. The zero-order chi connectivity index (χ0) is 21.2. The Kier molecular flexibility index (Phi) is 8.92. The van der Waals surface area contributed by atoms with Gasteiger partial charge in [-0.05, 0) is 30.5 Å². The first-order valence-corrected chi connectivity index (χ1v) is 9.83. The third-order valence-corrected chi connectivity index (χ3v) is 4.84. The molecule has 0 radical (unpaired) electrons. The molecule has 29 heavy (non-hydrogen) atoms. The molecule has 1 aliphatic rings.